The number of hydrogen-bond donors (Lipinski definition) is 0. The maximum atomic E-state index is 2.34. The van der Waals surface area contributed by atoms with Crippen LogP contribution in [-0.4, -0.2) is 0 Å². The Labute approximate surface area is 81.0 Å². The third-order valence-electron chi connectivity index (χ3n) is 3.59. The fourth-order valence-electron chi connectivity index (χ4n) is 2.36. The second-order valence-corrected chi connectivity index (χ2v) is 4.37. The van der Waals surface area contributed by atoms with Gasteiger partial charge in [-0.3, -0.25) is 0 Å². The van der Waals surface area contributed by atoms with Gasteiger partial charge in [-0.25, -0.2) is 0 Å². The molecule has 1 aromatic rings. The highest BCUT2D eigenvalue weighted by atomic mass is 14.4. The lowest BCUT2D eigenvalue weighted by Gasteiger charge is -2.41. The standard InChI is InChI=1S/C13H18/c1-2-13(9-6-10-13)11-12-7-4-3-5-8-12/h3-5,7-8H,2,6,9-11H2,1H3. The van der Waals surface area contributed by atoms with E-state index in [2.05, 4.69) is 37.3 Å². The lowest BCUT2D eigenvalue weighted by atomic mass is 9.64. The van der Waals surface area contributed by atoms with Crippen LogP contribution in [0.3, 0.4) is 0 Å². The van der Waals surface area contributed by atoms with Crippen LogP contribution in [0.2, 0.25) is 0 Å². The summed E-state index contributed by atoms with van der Waals surface area (Å²) in [6.45, 7) is 2.34. The van der Waals surface area contributed by atoms with Crippen molar-refractivity contribution >= 4 is 0 Å². The Bertz CT molecular complexity index is 251. The van der Waals surface area contributed by atoms with E-state index in [1.165, 1.54) is 37.7 Å². The molecule has 0 heterocycles. The van der Waals surface area contributed by atoms with Crippen LogP contribution in [0.5, 0.6) is 0 Å². The van der Waals surface area contributed by atoms with E-state index in [-0.39, 0.29) is 0 Å². The average Bonchev–Trinajstić information content (AvgIpc) is 2.13. The average molecular weight is 174 g/mol. The van der Waals surface area contributed by atoms with Crippen molar-refractivity contribution in [3.8, 4) is 0 Å². The van der Waals surface area contributed by atoms with Gasteiger partial charge in [0, 0.05) is 0 Å². The first-order valence-electron chi connectivity index (χ1n) is 5.39. The van der Waals surface area contributed by atoms with Crippen LogP contribution in [0.4, 0.5) is 0 Å². The van der Waals surface area contributed by atoms with Crippen LogP contribution in [0.1, 0.15) is 38.2 Å². The molecule has 70 valence electrons. The molecule has 2 rings (SSSR count). The van der Waals surface area contributed by atoms with E-state index in [0.717, 1.165) is 0 Å². The normalized spacial score (nSPS) is 19.5. The first-order chi connectivity index (χ1) is 6.35. The van der Waals surface area contributed by atoms with E-state index in [9.17, 15) is 0 Å². The van der Waals surface area contributed by atoms with E-state index in [1.54, 1.807) is 0 Å². The van der Waals surface area contributed by atoms with Crippen LogP contribution < -0.4 is 0 Å². The molecule has 0 spiro atoms. The monoisotopic (exact) mass is 174 g/mol. The Kier molecular flexibility index (Phi) is 2.39. The van der Waals surface area contributed by atoms with Gasteiger partial charge < -0.3 is 0 Å². The molecule has 0 radical (unpaired) electrons. The summed E-state index contributed by atoms with van der Waals surface area (Å²) in [4.78, 5) is 0. The molecular formula is C13H18. The summed E-state index contributed by atoms with van der Waals surface area (Å²) in [5.74, 6) is 0. The molecule has 13 heavy (non-hydrogen) atoms. The summed E-state index contributed by atoms with van der Waals surface area (Å²) in [6, 6.07) is 10.9. The van der Waals surface area contributed by atoms with Crippen molar-refractivity contribution in [2.75, 3.05) is 0 Å². The third kappa shape index (κ3) is 1.77. The zero-order chi connectivity index (χ0) is 9.15. The summed E-state index contributed by atoms with van der Waals surface area (Å²) in [5.41, 5.74) is 2.19. The minimum atomic E-state index is 0.668. The van der Waals surface area contributed by atoms with E-state index in [0.29, 0.717) is 5.41 Å². The van der Waals surface area contributed by atoms with Gasteiger partial charge in [-0.15, -0.1) is 0 Å². The Morgan fingerprint density at radius 2 is 1.85 bits per heavy atom. The van der Waals surface area contributed by atoms with Crippen molar-refractivity contribution in [1.29, 1.82) is 0 Å². The Morgan fingerprint density at radius 3 is 2.31 bits per heavy atom. The van der Waals surface area contributed by atoms with Gasteiger partial charge in [-0.1, -0.05) is 50.1 Å². The van der Waals surface area contributed by atoms with Crippen LogP contribution >= 0.6 is 0 Å². The quantitative estimate of drug-likeness (QED) is 0.653. The van der Waals surface area contributed by atoms with Gasteiger partial charge in [-0.05, 0) is 30.2 Å². The minimum absolute atomic E-state index is 0.668. The van der Waals surface area contributed by atoms with Crippen LogP contribution in [0.15, 0.2) is 30.3 Å². The molecule has 0 N–H and O–H groups in total. The van der Waals surface area contributed by atoms with Crippen molar-refractivity contribution in [2.24, 2.45) is 5.41 Å². The van der Waals surface area contributed by atoms with Gasteiger partial charge in [-0.2, -0.15) is 0 Å². The maximum Gasteiger partial charge on any atom is -0.0222 e. The summed E-state index contributed by atoms with van der Waals surface area (Å²) < 4.78 is 0. The summed E-state index contributed by atoms with van der Waals surface area (Å²) in [5, 5.41) is 0. The fraction of sp³-hybridized carbons (Fsp3) is 0.538. The molecule has 1 fully saturated rings. The van der Waals surface area contributed by atoms with E-state index >= 15 is 0 Å². The van der Waals surface area contributed by atoms with Crippen molar-refractivity contribution < 1.29 is 0 Å². The highest BCUT2D eigenvalue weighted by molar-refractivity contribution is 5.17. The van der Waals surface area contributed by atoms with Gasteiger partial charge in [0.2, 0.25) is 0 Å². The van der Waals surface area contributed by atoms with Gasteiger partial charge >= 0.3 is 0 Å². The lowest BCUT2D eigenvalue weighted by molar-refractivity contribution is 0.127. The van der Waals surface area contributed by atoms with Gasteiger partial charge in [0.05, 0.1) is 0 Å². The summed E-state index contributed by atoms with van der Waals surface area (Å²) >= 11 is 0. The first kappa shape index (κ1) is 8.80. The number of benzene rings is 1. The smallest absolute Gasteiger partial charge is 0.0222 e. The van der Waals surface area contributed by atoms with E-state index in [1.807, 2.05) is 0 Å². The Morgan fingerprint density at radius 1 is 1.15 bits per heavy atom. The van der Waals surface area contributed by atoms with Crippen molar-refractivity contribution in [2.45, 2.75) is 39.0 Å². The van der Waals surface area contributed by atoms with E-state index < -0.39 is 0 Å². The SMILES string of the molecule is CCC1(Cc2ccccc2)CCC1. The molecule has 0 atom stereocenters. The van der Waals surface area contributed by atoms with Crippen molar-refractivity contribution in [1.82, 2.24) is 0 Å². The molecule has 0 amide bonds. The highest BCUT2D eigenvalue weighted by Gasteiger charge is 2.34. The van der Waals surface area contributed by atoms with Crippen molar-refractivity contribution in [3.63, 3.8) is 0 Å². The largest absolute Gasteiger partial charge is 0.0648 e. The lowest BCUT2D eigenvalue weighted by Crippen LogP contribution is -2.30. The number of hydrogen-bond acceptors (Lipinski definition) is 0. The molecule has 0 nitrogen and oxygen atoms in total. The van der Waals surface area contributed by atoms with Crippen LogP contribution in [-0.2, 0) is 6.42 Å². The Balaban J connectivity index is 2.05. The van der Waals surface area contributed by atoms with Gasteiger partial charge in [0.15, 0.2) is 0 Å². The summed E-state index contributed by atoms with van der Waals surface area (Å²) in [6.07, 6.45) is 6.98. The van der Waals surface area contributed by atoms with Crippen LogP contribution in [0, 0.1) is 5.41 Å². The molecule has 0 saturated heterocycles. The second-order valence-electron chi connectivity index (χ2n) is 4.37. The summed E-state index contributed by atoms with van der Waals surface area (Å²) in [7, 11) is 0. The molecule has 0 aromatic heterocycles. The minimum Gasteiger partial charge on any atom is -0.0648 e. The molecule has 0 unspecified atom stereocenters. The van der Waals surface area contributed by atoms with Crippen molar-refractivity contribution in [3.05, 3.63) is 35.9 Å². The molecular weight excluding hydrogens is 156 g/mol. The third-order valence-corrected chi connectivity index (χ3v) is 3.59. The molecule has 1 aromatic carbocycles. The second kappa shape index (κ2) is 3.53. The highest BCUT2D eigenvalue weighted by Crippen LogP contribution is 2.46. The molecule has 1 aliphatic carbocycles. The molecule has 0 heteroatoms. The molecule has 1 saturated carbocycles. The molecule has 0 aliphatic heterocycles. The zero-order valence-electron chi connectivity index (χ0n) is 8.42. The predicted octanol–water partition coefficient (Wildman–Crippen LogP) is 3.81. The number of rotatable bonds is 3. The van der Waals surface area contributed by atoms with E-state index in [4.69, 9.17) is 0 Å². The maximum absolute atomic E-state index is 2.34. The zero-order valence-corrected chi connectivity index (χ0v) is 8.42. The van der Waals surface area contributed by atoms with Crippen LogP contribution in [0.25, 0.3) is 0 Å². The first-order valence-corrected chi connectivity index (χ1v) is 5.39. The topological polar surface area (TPSA) is 0 Å². The molecule has 0 bridgehead atoms. The Hall–Kier alpha value is -0.780. The fourth-order valence-corrected chi connectivity index (χ4v) is 2.36. The van der Waals surface area contributed by atoms with Gasteiger partial charge in [0.1, 0.15) is 0 Å². The van der Waals surface area contributed by atoms with Gasteiger partial charge in [0.25, 0.3) is 0 Å². The predicted molar refractivity (Wildman–Crippen MR) is 56.7 cm³/mol. The molecule has 1 aliphatic rings.